The fourth-order valence-electron chi connectivity index (χ4n) is 0. The van der Waals surface area contributed by atoms with Crippen molar-refractivity contribution in [2.24, 2.45) is 0 Å². The van der Waals surface area contributed by atoms with Crippen LogP contribution in [-0.4, -0.2) is 14.1 Å². The topological polar surface area (TPSA) is 14.1 Å². The first-order valence-corrected chi connectivity index (χ1v) is 0.894. The molecule has 0 aromatic rings. The average molecular weight is 281 g/mol. The van der Waals surface area contributed by atoms with Gasteiger partial charge in [-0.25, -0.2) is 0 Å². The van der Waals surface area contributed by atoms with Crippen molar-refractivity contribution in [2.75, 3.05) is 14.1 Å². The molecule has 0 atom stereocenters. The smallest absolute Gasteiger partial charge is 0 e. The summed E-state index contributed by atoms with van der Waals surface area (Å²) in [4.78, 5) is 0. The number of hydrogen-bond acceptors (Lipinski definition) is 0. The largest absolute Gasteiger partial charge is 0.668 e. The molecule has 6 heteroatoms. The van der Waals surface area contributed by atoms with Crippen LogP contribution >= 0.6 is 49.6 Å². The molecular formula is C2H10Cl4NZr-. The fraction of sp³-hybridized carbons (Fsp3) is 1.00. The van der Waals surface area contributed by atoms with E-state index in [2.05, 4.69) is 5.32 Å². The summed E-state index contributed by atoms with van der Waals surface area (Å²) in [7, 11) is 3.50. The Balaban J connectivity index is -0.00000000200. The third-order valence-corrected chi connectivity index (χ3v) is 0. The fourth-order valence-corrected chi connectivity index (χ4v) is 0. The Morgan fingerprint density at radius 3 is 0.750 bits per heavy atom. The molecule has 0 fully saturated rings. The SMILES string of the molecule is C[N-]C.Cl.Cl.Cl.Cl.[Zr]. The Bertz CT molecular complexity index is 14.0. The molecule has 0 aromatic carbocycles. The van der Waals surface area contributed by atoms with Crippen LogP contribution in [0.5, 0.6) is 0 Å². The maximum absolute atomic E-state index is 3.50. The normalized spacial score (nSPS) is 2.25. The monoisotopic (exact) mass is 278 g/mol. The van der Waals surface area contributed by atoms with E-state index in [1.807, 2.05) is 0 Å². The van der Waals surface area contributed by atoms with Crippen LogP contribution in [0.3, 0.4) is 0 Å². The van der Waals surface area contributed by atoms with E-state index < -0.39 is 0 Å². The third-order valence-electron chi connectivity index (χ3n) is 0. The van der Waals surface area contributed by atoms with E-state index in [4.69, 9.17) is 0 Å². The van der Waals surface area contributed by atoms with Crippen molar-refractivity contribution in [1.82, 2.24) is 0 Å². The third kappa shape index (κ3) is 97.8. The number of hydrogen-bond donors (Lipinski definition) is 0. The first-order valence-electron chi connectivity index (χ1n) is 0.894. The van der Waals surface area contributed by atoms with Crippen LogP contribution < -0.4 is 0 Å². The van der Waals surface area contributed by atoms with E-state index in [0.29, 0.717) is 0 Å². The average Bonchev–Trinajstić information content (AvgIpc) is 0.918. The van der Waals surface area contributed by atoms with E-state index in [-0.39, 0.29) is 75.8 Å². The summed E-state index contributed by atoms with van der Waals surface area (Å²) < 4.78 is 0. The summed E-state index contributed by atoms with van der Waals surface area (Å²) in [5.74, 6) is 0. The van der Waals surface area contributed by atoms with Gasteiger partial charge >= 0.3 is 0 Å². The molecule has 0 bridgehead atoms. The molecule has 56 valence electrons. The second-order valence-corrected chi connectivity index (χ2v) is 0.447. The van der Waals surface area contributed by atoms with Gasteiger partial charge in [-0.05, 0) is 0 Å². The Kier molecular flexibility index (Phi) is 404. The molecule has 8 heavy (non-hydrogen) atoms. The van der Waals surface area contributed by atoms with Gasteiger partial charge < -0.3 is 5.32 Å². The first-order chi connectivity index (χ1) is 1.41. The molecule has 0 aliphatic rings. The molecule has 0 radical (unpaired) electrons. The summed E-state index contributed by atoms with van der Waals surface area (Å²) in [6, 6.07) is 0. The van der Waals surface area contributed by atoms with Crippen molar-refractivity contribution < 1.29 is 26.2 Å². The molecule has 0 N–H and O–H groups in total. The predicted molar refractivity (Wildman–Crippen MR) is 44.2 cm³/mol. The van der Waals surface area contributed by atoms with Crippen LogP contribution in [0.2, 0.25) is 0 Å². The zero-order valence-corrected chi connectivity index (χ0v) is 10.3. The maximum Gasteiger partial charge on any atom is 0 e. The molecule has 0 aromatic heterocycles. The summed E-state index contributed by atoms with van der Waals surface area (Å²) in [5, 5.41) is 3.50. The number of rotatable bonds is 0. The van der Waals surface area contributed by atoms with Gasteiger partial charge in [0.05, 0.1) is 0 Å². The molecule has 0 saturated carbocycles. The minimum Gasteiger partial charge on any atom is -0.668 e. The quantitative estimate of drug-likeness (QED) is 0.647. The van der Waals surface area contributed by atoms with Crippen LogP contribution in [0.4, 0.5) is 0 Å². The van der Waals surface area contributed by atoms with Crippen molar-refractivity contribution in [3.63, 3.8) is 0 Å². The molecule has 0 saturated heterocycles. The molecule has 0 amide bonds. The van der Waals surface area contributed by atoms with Gasteiger partial charge in [-0.1, -0.05) is 0 Å². The van der Waals surface area contributed by atoms with E-state index >= 15 is 0 Å². The van der Waals surface area contributed by atoms with Crippen molar-refractivity contribution >= 4 is 49.6 Å². The van der Waals surface area contributed by atoms with Crippen molar-refractivity contribution in [3.8, 4) is 0 Å². The summed E-state index contributed by atoms with van der Waals surface area (Å²) in [6.45, 7) is 0. The van der Waals surface area contributed by atoms with Gasteiger partial charge in [0.15, 0.2) is 0 Å². The van der Waals surface area contributed by atoms with Gasteiger partial charge in [0.25, 0.3) is 0 Å². The van der Waals surface area contributed by atoms with Crippen LogP contribution in [-0.2, 0) is 26.2 Å². The van der Waals surface area contributed by atoms with Crippen molar-refractivity contribution in [3.05, 3.63) is 5.32 Å². The zero-order chi connectivity index (χ0) is 2.71. The molecule has 0 aliphatic heterocycles. The van der Waals surface area contributed by atoms with Crippen molar-refractivity contribution in [2.45, 2.75) is 0 Å². The van der Waals surface area contributed by atoms with Gasteiger partial charge in [0.2, 0.25) is 0 Å². The molecule has 0 heterocycles. The van der Waals surface area contributed by atoms with E-state index in [9.17, 15) is 0 Å². The standard InChI is InChI=1S/C2H6N.4ClH.Zr/c1-3-2;;;;;/h1-2H3;4*1H;/q-1;;;;;. The summed E-state index contributed by atoms with van der Waals surface area (Å²) >= 11 is 0. The Morgan fingerprint density at radius 1 is 0.750 bits per heavy atom. The van der Waals surface area contributed by atoms with E-state index in [1.165, 1.54) is 0 Å². The first kappa shape index (κ1) is 50.6. The Labute approximate surface area is 94.5 Å². The number of halogens is 4. The van der Waals surface area contributed by atoms with Gasteiger partial charge in [0.1, 0.15) is 0 Å². The summed E-state index contributed by atoms with van der Waals surface area (Å²) in [5.41, 5.74) is 0. The van der Waals surface area contributed by atoms with Gasteiger partial charge in [-0.2, -0.15) is 14.1 Å². The predicted octanol–water partition coefficient (Wildman–Crippen LogP) is 2.30. The van der Waals surface area contributed by atoms with E-state index in [1.54, 1.807) is 14.1 Å². The molecule has 0 unspecified atom stereocenters. The van der Waals surface area contributed by atoms with Crippen LogP contribution in [0.15, 0.2) is 0 Å². The van der Waals surface area contributed by atoms with Gasteiger partial charge in [-0.15, -0.1) is 49.6 Å². The zero-order valence-electron chi connectivity index (χ0n) is 4.58. The molecule has 0 rings (SSSR count). The second-order valence-electron chi connectivity index (χ2n) is 0.447. The Morgan fingerprint density at radius 2 is 0.750 bits per heavy atom. The van der Waals surface area contributed by atoms with Crippen LogP contribution in [0, 0.1) is 0 Å². The summed E-state index contributed by atoms with van der Waals surface area (Å²) in [6.07, 6.45) is 0. The van der Waals surface area contributed by atoms with Gasteiger partial charge in [0, 0.05) is 26.2 Å². The minimum absolute atomic E-state index is 0. The van der Waals surface area contributed by atoms with Gasteiger partial charge in [-0.3, -0.25) is 0 Å². The van der Waals surface area contributed by atoms with E-state index in [0.717, 1.165) is 0 Å². The number of nitrogens with zero attached hydrogens (tertiary/aromatic N) is 1. The molecule has 1 nitrogen and oxygen atoms in total. The maximum atomic E-state index is 3.50. The molecule has 0 aliphatic carbocycles. The van der Waals surface area contributed by atoms with Crippen molar-refractivity contribution in [1.29, 1.82) is 0 Å². The second kappa shape index (κ2) is 63.9. The minimum atomic E-state index is 0. The molecule has 0 spiro atoms. The van der Waals surface area contributed by atoms with Crippen LogP contribution in [0.1, 0.15) is 0 Å². The Hall–Kier alpha value is 2.00. The molecular weight excluding hydrogens is 271 g/mol. The van der Waals surface area contributed by atoms with Crippen LogP contribution in [0.25, 0.3) is 5.32 Å².